The van der Waals surface area contributed by atoms with Gasteiger partial charge in [0.05, 0.1) is 6.54 Å². The summed E-state index contributed by atoms with van der Waals surface area (Å²) in [5, 5.41) is 14.7. The third-order valence-corrected chi connectivity index (χ3v) is 4.64. The molecule has 2 aromatic carbocycles. The number of ether oxygens (including phenoxy) is 1. The molecule has 0 spiro atoms. The molecule has 0 aliphatic heterocycles. The molecule has 32 heavy (non-hydrogen) atoms. The third-order valence-electron chi connectivity index (χ3n) is 4.64. The number of aliphatic imine (C=N–C) groups is 1. The van der Waals surface area contributed by atoms with Gasteiger partial charge in [0.2, 0.25) is 0 Å². The summed E-state index contributed by atoms with van der Waals surface area (Å²) in [5.74, 6) is 2.22. The van der Waals surface area contributed by atoms with Crippen LogP contribution in [0.15, 0.2) is 59.9 Å². The van der Waals surface area contributed by atoms with Crippen LogP contribution in [-0.2, 0) is 26.1 Å². The number of hydrogen-bond acceptors (Lipinski definition) is 4. The second-order valence-corrected chi connectivity index (χ2v) is 6.98. The largest absolute Gasteiger partial charge is 0.489 e. The monoisotopic (exact) mass is 552 g/mol. The number of benzene rings is 2. The van der Waals surface area contributed by atoms with Gasteiger partial charge in [-0.15, -0.1) is 34.2 Å². The fraction of sp³-hybridized carbons (Fsp3) is 0.348. The van der Waals surface area contributed by atoms with Crippen molar-refractivity contribution in [3.63, 3.8) is 0 Å². The summed E-state index contributed by atoms with van der Waals surface area (Å²) >= 11 is 0. The lowest BCUT2D eigenvalue weighted by molar-refractivity contribution is 0.305. The quantitative estimate of drug-likeness (QED) is 0.227. The lowest BCUT2D eigenvalue weighted by Crippen LogP contribution is -2.38. The number of hydrogen-bond donors (Lipinski definition) is 2. The van der Waals surface area contributed by atoms with Gasteiger partial charge in [0, 0.05) is 26.1 Å². The van der Waals surface area contributed by atoms with Crippen LogP contribution in [0.5, 0.6) is 5.75 Å². The van der Waals surface area contributed by atoms with Crippen molar-refractivity contribution in [2.24, 2.45) is 4.99 Å². The molecule has 9 heteroatoms. The maximum Gasteiger partial charge on any atom is 0.191 e. The third kappa shape index (κ3) is 8.10. The molecule has 3 rings (SSSR count). The minimum absolute atomic E-state index is 0. The molecule has 0 bridgehead atoms. The maximum absolute atomic E-state index is 13.2. The van der Waals surface area contributed by atoms with Gasteiger partial charge in [0.15, 0.2) is 5.96 Å². The molecule has 2 N–H and O–H groups in total. The molecule has 0 aliphatic rings. The molecule has 0 fully saturated rings. The number of rotatable bonds is 10. The summed E-state index contributed by atoms with van der Waals surface area (Å²) in [6, 6.07) is 14.2. The minimum Gasteiger partial charge on any atom is -0.489 e. The van der Waals surface area contributed by atoms with Gasteiger partial charge in [-0.3, -0.25) is 0 Å². The van der Waals surface area contributed by atoms with Crippen molar-refractivity contribution in [2.75, 3.05) is 13.1 Å². The van der Waals surface area contributed by atoms with Crippen LogP contribution in [0.25, 0.3) is 0 Å². The first-order chi connectivity index (χ1) is 15.2. The summed E-state index contributed by atoms with van der Waals surface area (Å²) in [4.78, 5) is 4.65. The standard InChI is InChI=1S/C23H29FN6O.HI/c1-3-22-29-28-17-30(22)13-12-26-23(25-4-2)27-15-18-8-10-21(11-9-18)31-16-19-6-5-7-20(24)14-19;/h5-11,14,17H,3-4,12-13,15-16H2,1-2H3,(H2,25,26,27);1H. The predicted molar refractivity (Wildman–Crippen MR) is 135 cm³/mol. The average molecular weight is 552 g/mol. The molecule has 1 heterocycles. The summed E-state index contributed by atoms with van der Waals surface area (Å²) in [6.45, 7) is 7.27. The molecular weight excluding hydrogens is 522 g/mol. The normalized spacial score (nSPS) is 11.0. The Balaban J connectivity index is 0.00000363. The molecule has 7 nitrogen and oxygen atoms in total. The maximum atomic E-state index is 13.2. The van der Waals surface area contributed by atoms with Crippen molar-refractivity contribution in [1.82, 2.24) is 25.4 Å². The van der Waals surface area contributed by atoms with Crippen molar-refractivity contribution < 1.29 is 9.13 Å². The highest BCUT2D eigenvalue weighted by Crippen LogP contribution is 2.15. The van der Waals surface area contributed by atoms with Crippen LogP contribution in [0, 0.1) is 5.82 Å². The minimum atomic E-state index is -0.257. The van der Waals surface area contributed by atoms with E-state index in [0.717, 1.165) is 54.7 Å². The van der Waals surface area contributed by atoms with E-state index in [1.165, 1.54) is 12.1 Å². The summed E-state index contributed by atoms with van der Waals surface area (Å²) in [7, 11) is 0. The highest BCUT2D eigenvalue weighted by atomic mass is 127. The van der Waals surface area contributed by atoms with E-state index in [1.54, 1.807) is 12.4 Å². The topological polar surface area (TPSA) is 76.4 Å². The SMILES string of the molecule is CCNC(=NCc1ccc(OCc2cccc(F)c2)cc1)NCCn1cnnc1CC.I. The Morgan fingerprint density at radius 2 is 1.91 bits per heavy atom. The lowest BCUT2D eigenvalue weighted by Gasteiger charge is -2.12. The zero-order valence-electron chi connectivity index (χ0n) is 18.4. The first-order valence-corrected chi connectivity index (χ1v) is 10.5. The highest BCUT2D eigenvalue weighted by Gasteiger charge is 2.03. The molecule has 0 aliphatic carbocycles. The van der Waals surface area contributed by atoms with Gasteiger partial charge in [-0.05, 0) is 42.3 Å². The van der Waals surface area contributed by atoms with Crippen molar-refractivity contribution in [2.45, 2.75) is 40.0 Å². The van der Waals surface area contributed by atoms with Gasteiger partial charge < -0.3 is 19.9 Å². The van der Waals surface area contributed by atoms with E-state index >= 15 is 0 Å². The zero-order chi connectivity index (χ0) is 21.9. The first-order valence-electron chi connectivity index (χ1n) is 10.5. The van der Waals surface area contributed by atoms with E-state index < -0.39 is 0 Å². The second kappa shape index (κ2) is 13.7. The summed E-state index contributed by atoms with van der Waals surface area (Å²) in [5.41, 5.74) is 1.87. The van der Waals surface area contributed by atoms with Gasteiger partial charge in [-0.2, -0.15) is 0 Å². The Bertz CT molecular complexity index is 977. The molecule has 0 radical (unpaired) electrons. The lowest BCUT2D eigenvalue weighted by atomic mass is 10.2. The Kier molecular flexibility index (Phi) is 10.9. The summed E-state index contributed by atoms with van der Waals surface area (Å²) < 4.78 is 21.0. The van der Waals surface area contributed by atoms with Gasteiger partial charge in [0.1, 0.15) is 30.3 Å². The van der Waals surface area contributed by atoms with Gasteiger partial charge >= 0.3 is 0 Å². The number of aromatic nitrogens is 3. The molecule has 1 aromatic heterocycles. The fourth-order valence-electron chi connectivity index (χ4n) is 3.03. The van der Waals surface area contributed by atoms with E-state index in [4.69, 9.17) is 4.74 Å². The molecule has 3 aromatic rings. The molecule has 0 atom stereocenters. The fourth-order valence-corrected chi connectivity index (χ4v) is 3.03. The van der Waals surface area contributed by atoms with Crippen LogP contribution in [0.3, 0.4) is 0 Å². The second-order valence-electron chi connectivity index (χ2n) is 6.98. The van der Waals surface area contributed by atoms with E-state index in [0.29, 0.717) is 13.2 Å². The molecule has 0 saturated heterocycles. The van der Waals surface area contributed by atoms with Gasteiger partial charge in [0.25, 0.3) is 0 Å². The van der Waals surface area contributed by atoms with Crippen LogP contribution >= 0.6 is 24.0 Å². The number of guanidine groups is 1. The van der Waals surface area contributed by atoms with E-state index in [2.05, 4.69) is 32.7 Å². The molecule has 172 valence electrons. The molecule has 0 unspecified atom stereocenters. The van der Waals surface area contributed by atoms with E-state index in [9.17, 15) is 4.39 Å². The number of halogens is 2. The van der Waals surface area contributed by atoms with Crippen LogP contribution < -0.4 is 15.4 Å². The highest BCUT2D eigenvalue weighted by molar-refractivity contribution is 14.0. The molecule has 0 saturated carbocycles. The van der Waals surface area contributed by atoms with E-state index in [-0.39, 0.29) is 29.8 Å². The molecule has 0 amide bonds. The Morgan fingerprint density at radius 3 is 2.62 bits per heavy atom. The van der Waals surface area contributed by atoms with Crippen molar-refractivity contribution in [3.05, 3.63) is 77.6 Å². The zero-order valence-corrected chi connectivity index (χ0v) is 20.8. The Labute approximate surface area is 205 Å². The van der Waals surface area contributed by atoms with Gasteiger partial charge in [-0.1, -0.05) is 31.2 Å². The van der Waals surface area contributed by atoms with Crippen LogP contribution in [0.1, 0.15) is 30.8 Å². The Hall–Kier alpha value is -2.69. The average Bonchev–Trinajstić information content (AvgIpc) is 3.24. The number of nitrogens with one attached hydrogen (secondary N) is 2. The van der Waals surface area contributed by atoms with Crippen LogP contribution in [-0.4, -0.2) is 33.8 Å². The van der Waals surface area contributed by atoms with Crippen molar-refractivity contribution in [3.8, 4) is 5.75 Å². The predicted octanol–water partition coefficient (Wildman–Crippen LogP) is 3.93. The van der Waals surface area contributed by atoms with Crippen molar-refractivity contribution in [1.29, 1.82) is 0 Å². The molecular formula is C23H30FIN6O. The smallest absolute Gasteiger partial charge is 0.191 e. The van der Waals surface area contributed by atoms with E-state index in [1.807, 2.05) is 41.8 Å². The van der Waals surface area contributed by atoms with Crippen molar-refractivity contribution >= 4 is 29.9 Å². The van der Waals surface area contributed by atoms with Crippen LogP contribution in [0.2, 0.25) is 0 Å². The summed E-state index contributed by atoms with van der Waals surface area (Å²) in [6.07, 6.45) is 2.61. The van der Waals surface area contributed by atoms with Gasteiger partial charge in [-0.25, -0.2) is 9.38 Å². The number of nitrogens with zero attached hydrogens (tertiary/aromatic N) is 4. The number of aryl methyl sites for hydroxylation is 1. The first kappa shape index (κ1) is 25.6. The van der Waals surface area contributed by atoms with Crippen LogP contribution in [0.4, 0.5) is 4.39 Å². The Morgan fingerprint density at radius 1 is 1.09 bits per heavy atom.